The molecule has 0 saturated carbocycles. The molecule has 124 valence electrons. The lowest BCUT2D eigenvalue weighted by molar-refractivity contribution is 0.270. The largest absolute Gasteiger partial charge is 0.370 e. The average molecular weight is 426 g/mol. The van der Waals surface area contributed by atoms with E-state index in [-0.39, 0.29) is 24.0 Å². The first kappa shape index (κ1) is 17.7. The second-order valence-corrected chi connectivity index (χ2v) is 5.87. The monoisotopic (exact) mass is 426 g/mol. The third-order valence-electron chi connectivity index (χ3n) is 4.02. The van der Waals surface area contributed by atoms with Gasteiger partial charge in [-0.3, -0.25) is 0 Å². The van der Waals surface area contributed by atoms with E-state index in [0.717, 1.165) is 24.3 Å². The molecule has 0 aliphatic carbocycles. The normalized spacial score (nSPS) is 18.6. The Morgan fingerprint density at radius 2 is 2.13 bits per heavy atom. The highest BCUT2D eigenvalue weighted by Gasteiger charge is 2.17. The predicted octanol–water partition coefficient (Wildman–Crippen LogP) is 2.43. The minimum Gasteiger partial charge on any atom is -0.370 e. The molecular weight excluding hydrogens is 403 g/mol. The SMILES string of the molecule is CC1CCCN(C(N)=NCc2ccc(-n3cncn3)cc2)C1.I. The molecule has 1 aliphatic heterocycles. The summed E-state index contributed by atoms with van der Waals surface area (Å²) < 4.78 is 1.73. The molecule has 1 aliphatic rings. The molecule has 23 heavy (non-hydrogen) atoms. The molecule has 0 spiro atoms. The van der Waals surface area contributed by atoms with Crippen molar-refractivity contribution in [1.29, 1.82) is 0 Å². The van der Waals surface area contributed by atoms with Gasteiger partial charge in [-0.05, 0) is 36.5 Å². The molecule has 7 heteroatoms. The van der Waals surface area contributed by atoms with E-state index >= 15 is 0 Å². The van der Waals surface area contributed by atoms with Crippen molar-refractivity contribution in [3.05, 3.63) is 42.5 Å². The molecule has 0 amide bonds. The van der Waals surface area contributed by atoms with Gasteiger partial charge in [0.15, 0.2) is 5.96 Å². The van der Waals surface area contributed by atoms with Crippen LogP contribution in [0.1, 0.15) is 25.3 Å². The summed E-state index contributed by atoms with van der Waals surface area (Å²) in [4.78, 5) is 10.7. The quantitative estimate of drug-likeness (QED) is 0.465. The minimum atomic E-state index is 0. The number of guanidine groups is 1. The maximum Gasteiger partial charge on any atom is 0.191 e. The number of piperidine rings is 1. The Morgan fingerprint density at radius 3 is 2.78 bits per heavy atom. The number of benzene rings is 1. The van der Waals surface area contributed by atoms with E-state index in [9.17, 15) is 0 Å². The number of halogens is 1. The number of aromatic nitrogens is 3. The van der Waals surface area contributed by atoms with E-state index in [1.807, 2.05) is 24.3 Å². The lowest BCUT2D eigenvalue weighted by Gasteiger charge is -2.31. The molecule has 0 radical (unpaired) electrons. The molecule has 2 heterocycles. The second-order valence-electron chi connectivity index (χ2n) is 5.87. The van der Waals surface area contributed by atoms with Crippen LogP contribution < -0.4 is 5.73 Å². The van der Waals surface area contributed by atoms with Crippen LogP contribution in [-0.2, 0) is 6.54 Å². The topological polar surface area (TPSA) is 72.3 Å². The van der Waals surface area contributed by atoms with E-state index < -0.39 is 0 Å². The molecule has 2 N–H and O–H groups in total. The first-order valence-corrected chi connectivity index (χ1v) is 7.71. The fourth-order valence-corrected chi connectivity index (χ4v) is 2.77. The summed E-state index contributed by atoms with van der Waals surface area (Å²) in [5, 5.41) is 4.11. The third-order valence-corrected chi connectivity index (χ3v) is 4.02. The summed E-state index contributed by atoms with van der Waals surface area (Å²) >= 11 is 0. The van der Waals surface area contributed by atoms with Gasteiger partial charge in [0.05, 0.1) is 12.2 Å². The Hall–Kier alpha value is -1.64. The number of nitrogens with zero attached hydrogens (tertiary/aromatic N) is 5. The van der Waals surface area contributed by atoms with E-state index in [2.05, 4.69) is 26.9 Å². The summed E-state index contributed by atoms with van der Waals surface area (Å²) in [6.07, 6.45) is 5.69. The summed E-state index contributed by atoms with van der Waals surface area (Å²) in [6, 6.07) is 8.12. The first-order chi connectivity index (χ1) is 10.7. The summed E-state index contributed by atoms with van der Waals surface area (Å²) in [6.45, 7) is 4.90. The maximum absolute atomic E-state index is 6.12. The van der Waals surface area contributed by atoms with Gasteiger partial charge < -0.3 is 10.6 Å². The number of rotatable bonds is 3. The van der Waals surface area contributed by atoms with Crippen molar-refractivity contribution in [1.82, 2.24) is 19.7 Å². The number of nitrogens with two attached hydrogens (primary N) is 1. The van der Waals surface area contributed by atoms with Crippen molar-refractivity contribution in [2.75, 3.05) is 13.1 Å². The molecule has 1 fully saturated rings. The highest BCUT2D eigenvalue weighted by molar-refractivity contribution is 14.0. The number of hydrogen-bond donors (Lipinski definition) is 1. The molecule has 1 atom stereocenters. The molecule has 0 bridgehead atoms. The zero-order valence-electron chi connectivity index (χ0n) is 13.3. The van der Waals surface area contributed by atoms with Gasteiger partial charge in [0.25, 0.3) is 0 Å². The number of likely N-dealkylation sites (tertiary alicyclic amines) is 1. The lowest BCUT2D eigenvalue weighted by atomic mass is 10.0. The third kappa shape index (κ3) is 4.66. The van der Waals surface area contributed by atoms with Gasteiger partial charge in [-0.1, -0.05) is 19.1 Å². The first-order valence-electron chi connectivity index (χ1n) is 7.71. The fourth-order valence-electron chi connectivity index (χ4n) is 2.77. The molecule has 1 saturated heterocycles. The van der Waals surface area contributed by atoms with Gasteiger partial charge in [0.2, 0.25) is 0 Å². The molecular formula is C16H23IN6. The van der Waals surface area contributed by atoms with Crippen LogP contribution in [0.5, 0.6) is 0 Å². The van der Waals surface area contributed by atoms with Gasteiger partial charge in [0.1, 0.15) is 12.7 Å². The van der Waals surface area contributed by atoms with Crippen LogP contribution in [0.4, 0.5) is 0 Å². The maximum atomic E-state index is 6.12. The van der Waals surface area contributed by atoms with Gasteiger partial charge in [-0.25, -0.2) is 14.7 Å². The van der Waals surface area contributed by atoms with Crippen molar-refractivity contribution >= 4 is 29.9 Å². The van der Waals surface area contributed by atoms with Crippen LogP contribution in [0.3, 0.4) is 0 Å². The standard InChI is InChI=1S/C16H22N6.HI/c1-13-3-2-8-21(10-13)16(17)19-9-14-4-6-15(7-5-14)22-12-18-11-20-22;/h4-7,11-13H,2-3,8-10H2,1H3,(H2,17,19);1H. The second kappa shape index (κ2) is 8.28. The summed E-state index contributed by atoms with van der Waals surface area (Å²) in [7, 11) is 0. The highest BCUT2D eigenvalue weighted by atomic mass is 127. The highest BCUT2D eigenvalue weighted by Crippen LogP contribution is 2.15. The van der Waals surface area contributed by atoms with E-state index in [1.54, 1.807) is 11.0 Å². The van der Waals surface area contributed by atoms with Crippen molar-refractivity contribution in [2.24, 2.45) is 16.6 Å². The molecule has 1 unspecified atom stereocenters. The van der Waals surface area contributed by atoms with Crippen LogP contribution >= 0.6 is 24.0 Å². The van der Waals surface area contributed by atoms with E-state index in [1.165, 1.54) is 19.2 Å². The van der Waals surface area contributed by atoms with E-state index in [4.69, 9.17) is 5.73 Å². The van der Waals surface area contributed by atoms with Gasteiger partial charge in [0, 0.05) is 13.1 Å². The van der Waals surface area contributed by atoms with Crippen LogP contribution in [0.25, 0.3) is 5.69 Å². The molecule has 2 aromatic rings. The Morgan fingerprint density at radius 1 is 1.35 bits per heavy atom. The fraction of sp³-hybridized carbons (Fsp3) is 0.438. The lowest BCUT2D eigenvalue weighted by Crippen LogP contribution is -2.43. The van der Waals surface area contributed by atoms with Crippen LogP contribution in [-0.4, -0.2) is 38.7 Å². The van der Waals surface area contributed by atoms with Gasteiger partial charge in [-0.2, -0.15) is 5.10 Å². The zero-order valence-corrected chi connectivity index (χ0v) is 15.6. The summed E-state index contributed by atoms with van der Waals surface area (Å²) in [5.41, 5.74) is 8.24. The van der Waals surface area contributed by atoms with Gasteiger partial charge in [-0.15, -0.1) is 24.0 Å². The number of hydrogen-bond acceptors (Lipinski definition) is 3. The Kier molecular flexibility index (Phi) is 6.37. The van der Waals surface area contributed by atoms with Crippen molar-refractivity contribution in [2.45, 2.75) is 26.3 Å². The molecule has 6 nitrogen and oxygen atoms in total. The van der Waals surface area contributed by atoms with Crippen molar-refractivity contribution < 1.29 is 0 Å². The minimum absolute atomic E-state index is 0. The predicted molar refractivity (Wildman–Crippen MR) is 102 cm³/mol. The molecule has 1 aromatic heterocycles. The van der Waals surface area contributed by atoms with E-state index in [0.29, 0.717) is 18.4 Å². The Bertz CT molecular complexity index is 623. The van der Waals surface area contributed by atoms with Crippen LogP contribution in [0.15, 0.2) is 41.9 Å². The zero-order chi connectivity index (χ0) is 15.4. The van der Waals surface area contributed by atoms with Gasteiger partial charge >= 0.3 is 0 Å². The smallest absolute Gasteiger partial charge is 0.191 e. The van der Waals surface area contributed by atoms with Crippen molar-refractivity contribution in [3.8, 4) is 5.69 Å². The number of aliphatic imine (C=N–C) groups is 1. The Balaban J connectivity index is 0.00000192. The van der Waals surface area contributed by atoms with Crippen molar-refractivity contribution in [3.63, 3.8) is 0 Å². The molecule has 1 aromatic carbocycles. The summed E-state index contributed by atoms with van der Waals surface area (Å²) in [5.74, 6) is 1.36. The molecule has 3 rings (SSSR count). The Labute approximate surface area is 153 Å². The van der Waals surface area contributed by atoms with Crippen LogP contribution in [0, 0.1) is 5.92 Å². The average Bonchev–Trinajstić information content (AvgIpc) is 3.07. The van der Waals surface area contributed by atoms with Crippen LogP contribution in [0.2, 0.25) is 0 Å².